The maximum absolute atomic E-state index is 13.2. The number of benzene rings is 2. The van der Waals surface area contributed by atoms with E-state index >= 15 is 0 Å². The minimum absolute atomic E-state index is 0.0944. The van der Waals surface area contributed by atoms with Crippen LogP contribution < -0.4 is 10.3 Å². The van der Waals surface area contributed by atoms with Crippen molar-refractivity contribution in [1.29, 1.82) is 0 Å². The van der Waals surface area contributed by atoms with E-state index in [1.165, 1.54) is 4.68 Å². The molecule has 1 heterocycles. The average Bonchev–Trinajstić information content (AvgIpc) is 2.75. The predicted molar refractivity (Wildman–Crippen MR) is 128 cm³/mol. The quantitative estimate of drug-likeness (QED) is 0.334. The molecule has 31 heavy (non-hydrogen) atoms. The van der Waals surface area contributed by atoms with Gasteiger partial charge in [-0.1, -0.05) is 35.4 Å². The Morgan fingerprint density at radius 1 is 1.29 bits per heavy atom. The Kier molecular flexibility index (Phi) is 7.63. The number of phenolic OH excluding ortho intramolecular Hbond substituents is 1. The fourth-order valence-electron chi connectivity index (χ4n) is 3.28. The van der Waals surface area contributed by atoms with Crippen molar-refractivity contribution in [2.75, 3.05) is 6.61 Å². The molecule has 0 radical (unpaired) electrons. The maximum atomic E-state index is 13.2. The number of halogens is 1. The monoisotopic (exact) mass is 483 g/mol. The number of unbranched alkanes of at least 4 members (excludes halogenated alkanes) is 1. The normalized spacial score (nSPS) is 11.3. The van der Waals surface area contributed by atoms with Gasteiger partial charge in [-0.15, -0.1) is 6.58 Å². The first kappa shape index (κ1) is 22.7. The first-order valence-corrected chi connectivity index (χ1v) is 11.1. The lowest BCUT2D eigenvalue weighted by Gasteiger charge is -2.11. The van der Waals surface area contributed by atoms with Crippen molar-refractivity contribution in [3.8, 4) is 11.5 Å². The largest absolute Gasteiger partial charge is 0.504 e. The second kappa shape index (κ2) is 10.4. The van der Waals surface area contributed by atoms with E-state index in [1.54, 1.807) is 24.4 Å². The van der Waals surface area contributed by atoms with Crippen LogP contribution in [0, 0.1) is 0 Å². The highest BCUT2D eigenvalue weighted by molar-refractivity contribution is 9.10. The third-order valence-corrected chi connectivity index (χ3v) is 5.29. The molecular formula is C24H26BrN3O3. The molecular weight excluding hydrogens is 458 g/mol. The Labute approximate surface area is 190 Å². The number of hydrogen-bond acceptors (Lipinski definition) is 5. The van der Waals surface area contributed by atoms with Crippen LogP contribution in [0.4, 0.5) is 0 Å². The number of nitrogens with zero attached hydrogens (tertiary/aromatic N) is 3. The molecule has 3 rings (SSSR count). The molecule has 0 aliphatic carbocycles. The summed E-state index contributed by atoms with van der Waals surface area (Å²) in [6.45, 7) is 8.11. The van der Waals surface area contributed by atoms with E-state index in [0.29, 0.717) is 53.1 Å². The van der Waals surface area contributed by atoms with E-state index in [2.05, 4.69) is 39.5 Å². The fraction of sp³-hybridized carbons (Fsp3) is 0.292. The van der Waals surface area contributed by atoms with Crippen LogP contribution in [0.1, 0.15) is 43.6 Å². The molecule has 0 aliphatic heterocycles. The first-order chi connectivity index (χ1) is 15.0. The molecule has 0 atom stereocenters. The molecule has 0 bridgehead atoms. The molecule has 1 N–H and O–H groups in total. The van der Waals surface area contributed by atoms with Crippen LogP contribution in [0.5, 0.6) is 11.5 Å². The summed E-state index contributed by atoms with van der Waals surface area (Å²) >= 11 is 3.42. The Bertz CT molecular complexity index is 1180. The standard InChI is InChI=1S/C24H26BrN3O3/c1-4-7-9-22-27-20-11-10-18(25)14-19(20)24(30)28(22)26-15-16-12-17(8-5-2)23(29)21(13-16)31-6-3/h5,10-15,29H,2,4,6-9H2,1,3H3. The molecule has 162 valence electrons. The minimum atomic E-state index is -0.219. The second-order valence-electron chi connectivity index (χ2n) is 7.11. The summed E-state index contributed by atoms with van der Waals surface area (Å²) < 4.78 is 7.73. The zero-order valence-corrected chi connectivity index (χ0v) is 19.4. The summed E-state index contributed by atoms with van der Waals surface area (Å²) in [4.78, 5) is 17.9. The minimum Gasteiger partial charge on any atom is -0.504 e. The molecule has 7 heteroatoms. The molecule has 0 amide bonds. The van der Waals surface area contributed by atoms with Crippen LogP contribution in [0.15, 0.2) is 57.4 Å². The molecule has 2 aromatic carbocycles. The summed E-state index contributed by atoms with van der Waals surface area (Å²) in [5.74, 6) is 1.09. The van der Waals surface area contributed by atoms with Gasteiger partial charge in [0.05, 0.1) is 23.7 Å². The smallest absolute Gasteiger partial charge is 0.282 e. The number of allylic oxidation sites excluding steroid dienone is 1. The maximum Gasteiger partial charge on any atom is 0.282 e. The number of aryl methyl sites for hydroxylation is 1. The van der Waals surface area contributed by atoms with Gasteiger partial charge in [-0.3, -0.25) is 4.79 Å². The summed E-state index contributed by atoms with van der Waals surface area (Å²) in [5, 5.41) is 15.4. The zero-order valence-electron chi connectivity index (χ0n) is 17.8. The molecule has 0 spiro atoms. The predicted octanol–water partition coefficient (Wildman–Crippen LogP) is 5.22. The number of aromatic nitrogens is 2. The molecule has 3 aromatic rings. The average molecular weight is 484 g/mol. The van der Waals surface area contributed by atoms with Crippen molar-refractivity contribution in [3.05, 3.63) is 74.8 Å². The molecule has 0 aliphatic rings. The van der Waals surface area contributed by atoms with Gasteiger partial charge in [0, 0.05) is 16.5 Å². The second-order valence-corrected chi connectivity index (χ2v) is 8.02. The SMILES string of the molecule is C=CCc1cc(C=Nn2c(CCCC)nc3ccc(Br)cc3c2=O)cc(OCC)c1O. The van der Waals surface area contributed by atoms with Gasteiger partial charge in [-0.05, 0) is 55.7 Å². The van der Waals surface area contributed by atoms with Crippen molar-refractivity contribution in [2.24, 2.45) is 5.10 Å². The fourth-order valence-corrected chi connectivity index (χ4v) is 3.64. The number of rotatable bonds is 9. The number of phenols is 1. The van der Waals surface area contributed by atoms with Crippen LogP contribution in [0.25, 0.3) is 10.9 Å². The Hall–Kier alpha value is -2.93. The lowest BCUT2D eigenvalue weighted by Crippen LogP contribution is -2.22. The van der Waals surface area contributed by atoms with Gasteiger partial charge in [-0.2, -0.15) is 9.78 Å². The molecule has 0 unspecified atom stereocenters. The van der Waals surface area contributed by atoms with Crippen molar-refractivity contribution in [3.63, 3.8) is 0 Å². The molecule has 0 saturated heterocycles. The Balaban J connectivity index is 2.12. The lowest BCUT2D eigenvalue weighted by atomic mass is 10.1. The van der Waals surface area contributed by atoms with Crippen LogP contribution in [0.3, 0.4) is 0 Å². The highest BCUT2D eigenvalue weighted by atomic mass is 79.9. The zero-order chi connectivity index (χ0) is 22.4. The molecule has 0 fully saturated rings. The van der Waals surface area contributed by atoms with Crippen LogP contribution >= 0.6 is 15.9 Å². The third-order valence-electron chi connectivity index (χ3n) is 4.79. The van der Waals surface area contributed by atoms with Crippen LogP contribution in [0.2, 0.25) is 0 Å². The van der Waals surface area contributed by atoms with Crippen LogP contribution in [-0.2, 0) is 12.8 Å². The van der Waals surface area contributed by atoms with E-state index in [1.807, 2.05) is 25.1 Å². The van der Waals surface area contributed by atoms with Gasteiger partial charge in [0.15, 0.2) is 11.5 Å². The van der Waals surface area contributed by atoms with Crippen LogP contribution in [-0.4, -0.2) is 27.6 Å². The Morgan fingerprint density at radius 3 is 2.81 bits per heavy atom. The number of ether oxygens (including phenoxy) is 1. The van der Waals surface area contributed by atoms with Gasteiger partial charge in [0.2, 0.25) is 0 Å². The summed E-state index contributed by atoms with van der Waals surface area (Å²) in [5.41, 5.74) is 1.83. The highest BCUT2D eigenvalue weighted by Crippen LogP contribution is 2.32. The molecule has 0 saturated carbocycles. The number of aromatic hydroxyl groups is 1. The van der Waals surface area contributed by atoms with Gasteiger partial charge >= 0.3 is 0 Å². The summed E-state index contributed by atoms with van der Waals surface area (Å²) in [6, 6.07) is 8.98. The van der Waals surface area contributed by atoms with E-state index in [4.69, 9.17) is 4.74 Å². The summed E-state index contributed by atoms with van der Waals surface area (Å²) in [6.07, 6.45) is 6.33. The van der Waals surface area contributed by atoms with Crippen molar-refractivity contribution >= 4 is 33.0 Å². The first-order valence-electron chi connectivity index (χ1n) is 10.3. The third kappa shape index (κ3) is 5.22. The lowest BCUT2D eigenvalue weighted by molar-refractivity contribution is 0.317. The van der Waals surface area contributed by atoms with Crippen molar-refractivity contribution in [2.45, 2.75) is 39.5 Å². The van der Waals surface area contributed by atoms with Crippen molar-refractivity contribution in [1.82, 2.24) is 9.66 Å². The van der Waals surface area contributed by atoms with Gasteiger partial charge in [0.1, 0.15) is 5.82 Å². The van der Waals surface area contributed by atoms with Gasteiger partial charge < -0.3 is 9.84 Å². The molecule has 6 nitrogen and oxygen atoms in total. The van der Waals surface area contributed by atoms with E-state index in [-0.39, 0.29) is 11.3 Å². The van der Waals surface area contributed by atoms with E-state index in [0.717, 1.165) is 17.3 Å². The topological polar surface area (TPSA) is 76.7 Å². The van der Waals surface area contributed by atoms with E-state index in [9.17, 15) is 9.90 Å². The van der Waals surface area contributed by atoms with Crippen molar-refractivity contribution < 1.29 is 9.84 Å². The Morgan fingerprint density at radius 2 is 2.10 bits per heavy atom. The van der Waals surface area contributed by atoms with E-state index < -0.39 is 0 Å². The van der Waals surface area contributed by atoms with Gasteiger partial charge in [-0.25, -0.2) is 4.98 Å². The van der Waals surface area contributed by atoms with Gasteiger partial charge in [0.25, 0.3) is 5.56 Å². The summed E-state index contributed by atoms with van der Waals surface area (Å²) in [7, 11) is 0. The number of hydrogen-bond donors (Lipinski definition) is 1. The molecule has 1 aromatic heterocycles. The highest BCUT2D eigenvalue weighted by Gasteiger charge is 2.12. The number of fused-ring (bicyclic) bond motifs is 1.